The number of nitrogens with one attached hydrogen (secondary N) is 1. The van der Waals surface area contributed by atoms with Gasteiger partial charge in [-0.3, -0.25) is 4.79 Å². The van der Waals surface area contributed by atoms with Gasteiger partial charge >= 0.3 is 0 Å². The summed E-state index contributed by atoms with van der Waals surface area (Å²) in [6.45, 7) is 0.348. The summed E-state index contributed by atoms with van der Waals surface area (Å²) < 4.78 is 19.2. The van der Waals surface area contributed by atoms with E-state index in [9.17, 15) is 9.18 Å². The van der Waals surface area contributed by atoms with E-state index in [0.717, 1.165) is 0 Å². The van der Waals surface area contributed by atoms with Crippen LogP contribution in [0, 0.1) is 5.82 Å². The van der Waals surface area contributed by atoms with Gasteiger partial charge in [0, 0.05) is 23.9 Å². The molecule has 1 aromatic heterocycles. The maximum absolute atomic E-state index is 14.1. The number of carbonyl (C=O) groups excluding carboxylic acids is 1. The monoisotopic (exact) mass is 382 g/mol. The van der Waals surface area contributed by atoms with E-state index in [2.05, 4.69) is 15.3 Å². The summed E-state index contributed by atoms with van der Waals surface area (Å²) in [7, 11) is 0. The Kier molecular flexibility index (Phi) is 5.06. The molecule has 0 spiro atoms. The molecule has 0 fully saturated rings. The van der Waals surface area contributed by atoms with Crippen LogP contribution >= 0.6 is 23.2 Å². The summed E-state index contributed by atoms with van der Waals surface area (Å²) in [4.78, 5) is 20.3. The highest BCUT2D eigenvalue weighted by Crippen LogP contribution is 2.29. The van der Waals surface area contributed by atoms with Crippen LogP contribution in [0.2, 0.25) is 10.0 Å². The summed E-state index contributed by atoms with van der Waals surface area (Å²) in [6, 6.07) is 5.16. The molecule has 0 aliphatic carbocycles. The molecule has 3 N–H and O–H groups in total. The van der Waals surface area contributed by atoms with Crippen molar-refractivity contribution in [2.24, 2.45) is 10.7 Å². The highest BCUT2D eigenvalue weighted by molar-refractivity contribution is 6.36. The number of pyridine rings is 1. The lowest BCUT2D eigenvalue weighted by molar-refractivity contribution is 0.102. The lowest BCUT2D eigenvalue weighted by atomic mass is 10.0. The van der Waals surface area contributed by atoms with E-state index < -0.39 is 17.8 Å². The Balaban J connectivity index is 1.85. The second-order valence-electron chi connectivity index (χ2n) is 5.29. The molecule has 1 amide bonds. The molecule has 1 aliphatic heterocycles. The number of benzene rings is 1. The van der Waals surface area contributed by atoms with Gasteiger partial charge in [0.2, 0.25) is 0 Å². The first-order chi connectivity index (χ1) is 11.9. The van der Waals surface area contributed by atoms with E-state index in [-0.39, 0.29) is 16.7 Å². The Bertz CT molecular complexity index is 860. The largest absolute Gasteiger partial charge is 0.465 e. The topological polar surface area (TPSA) is 89.6 Å². The first kappa shape index (κ1) is 17.4. The van der Waals surface area contributed by atoms with Gasteiger partial charge in [-0.2, -0.15) is 0 Å². The average molecular weight is 383 g/mol. The van der Waals surface area contributed by atoms with Crippen molar-refractivity contribution >= 4 is 40.8 Å². The molecule has 3 rings (SSSR count). The second-order valence-corrected chi connectivity index (χ2v) is 6.14. The summed E-state index contributed by atoms with van der Waals surface area (Å²) in [5.74, 6) is -0.974. The highest BCUT2D eigenvalue weighted by Gasteiger charge is 2.21. The molecule has 0 saturated carbocycles. The van der Waals surface area contributed by atoms with Crippen molar-refractivity contribution in [3.8, 4) is 0 Å². The zero-order valence-electron chi connectivity index (χ0n) is 12.8. The third-order valence-corrected chi connectivity index (χ3v) is 4.05. The summed E-state index contributed by atoms with van der Waals surface area (Å²) in [5.41, 5.74) is 6.26. The van der Waals surface area contributed by atoms with Crippen LogP contribution in [0.4, 0.5) is 10.1 Å². The molecule has 1 atom stereocenters. The summed E-state index contributed by atoms with van der Waals surface area (Å²) in [5, 5.41) is 3.07. The number of rotatable bonds is 3. The van der Waals surface area contributed by atoms with Crippen LogP contribution in [0.3, 0.4) is 0 Å². The number of anilines is 1. The van der Waals surface area contributed by atoms with E-state index in [0.29, 0.717) is 29.3 Å². The molecule has 9 heteroatoms. The average Bonchev–Trinajstić information content (AvgIpc) is 2.56. The van der Waals surface area contributed by atoms with Crippen molar-refractivity contribution in [3.05, 3.63) is 57.6 Å². The minimum absolute atomic E-state index is 0.0160. The third-order valence-electron chi connectivity index (χ3n) is 3.56. The van der Waals surface area contributed by atoms with Crippen LogP contribution in [0.25, 0.3) is 0 Å². The normalized spacial score (nSPS) is 16.8. The number of aromatic nitrogens is 1. The van der Waals surface area contributed by atoms with Gasteiger partial charge in [0.1, 0.15) is 11.5 Å². The fourth-order valence-corrected chi connectivity index (χ4v) is 2.87. The SMILES string of the molecule is NC1=NC(c2cc(NC(=O)c3ncc(Cl)cc3Cl)ccc2F)CCO1. The fraction of sp³-hybridized carbons (Fsp3) is 0.188. The number of carbonyl (C=O) groups is 1. The van der Waals surface area contributed by atoms with Gasteiger partial charge in [-0.1, -0.05) is 23.2 Å². The first-order valence-corrected chi connectivity index (χ1v) is 8.07. The number of amidine groups is 1. The molecule has 1 unspecified atom stereocenters. The van der Waals surface area contributed by atoms with Crippen LogP contribution in [-0.4, -0.2) is 23.5 Å². The van der Waals surface area contributed by atoms with Crippen LogP contribution in [0.1, 0.15) is 28.5 Å². The van der Waals surface area contributed by atoms with Gasteiger partial charge in [0.15, 0.2) is 0 Å². The minimum atomic E-state index is -0.533. The quantitative estimate of drug-likeness (QED) is 0.848. The number of nitrogens with two attached hydrogens (primary N) is 1. The summed E-state index contributed by atoms with van der Waals surface area (Å²) >= 11 is 11.7. The van der Waals surface area contributed by atoms with E-state index >= 15 is 0 Å². The van der Waals surface area contributed by atoms with Gasteiger partial charge in [-0.15, -0.1) is 0 Å². The minimum Gasteiger partial charge on any atom is -0.465 e. The molecule has 130 valence electrons. The van der Waals surface area contributed by atoms with Crippen LogP contribution in [0.15, 0.2) is 35.5 Å². The standard InChI is InChI=1S/C16H13Cl2FN4O2/c17-8-5-11(18)14(21-7-8)15(24)22-9-1-2-12(19)10(6-9)13-3-4-25-16(20)23-13/h1-2,5-7,13H,3-4H2,(H2,20,23)(H,22,24). The Labute approximate surface area is 152 Å². The lowest BCUT2D eigenvalue weighted by Crippen LogP contribution is -2.24. The molecule has 2 heterocycles. The zero-order valence-corrected chi connectivity index (χ0v) is 14.3. The van der Waals surface area contributed by atoms with Gasteiger partial charge < -0.3 is 15.8 Å². The van der Waals surface area contributed by atoms with E-state index in [1.54, 1.807) is 0 Å². The number of halogens is 3. The Hall–Kier alpha value is -2.38. The number of ether oxygens (including phenoxy) is 1. The second kappa shape index (κ2) is 7.25. The van der Waals surface area contributed by atoms with Crippen molar-refractivity contribution < 1.29 is 13.9 Å². The van der Waals surface area contributed by atoms with Crippen molar-refractivity contribution in [2.45, 2.75) is 12.5 Å². The van der Waals surface area contributed by atoms with E-state index in [1.165, 1.54) is 30.5 Å². The van der Waals surface area contributed by atoms with Crippen molar-refractivity contribution in [3.63, 3.8) is 0 Å². The third kappa shape index (κ3) is 4.00. The molecule has 25 heavy (non-hydrogen) atoms. The summed E-state index contributed by atoms with van der Waals surface area (Å²) in [6.07, 6.45) is 1.80. The van der Waals surface area contributed by atoms with Crippen LogP contribution in [-0.2, 0) is 4.74 Å². The molecule has 2 aromatic rings. The van der Waals surface area contributed by atoms with Gasteiger partial charge in [0.25, 0.3) is 11.9 Å². The Morgan fingerprint density at radius 3 is 2.88 bits per heavy atom. The smallest absolute Gasteiger partial charge is 0.282 e. The Morgan fingerprint density at radius 1 is 1.36 bits per heavy atom. The molecule has 0 radical (unpaired) electrons. The number of hydrogen-bond donors (Lipinski definition) is 2. The van der Waals surface area contributed by atoms with E-state index in [4.69, 9.17) is 33.7 Å². The fourth-order valence-electron chi connectivity index (χ4n) is 2.40. The molecule has 6 nitrogen and oxygen atoms in total. The number of hydrogen-bond acceptors (Lipinski definition) is 5. The maximum Gasteiger partial charge on any atom is 0.282 e. The van der Waals surface area contributed by atoms with Crippen LogP contribution in [0.5, 0.6) is 0 Å². The number of nitrogens with zero attached hydrogens (tertiary/aromatic N) is 2. The molecule has 1 aliphatic rings. The molecule has 1 aromatic carbocycles. The molecule has 0 bridgehead atoms. The lowest BCUT2D eigenvalue weighted by Gasteiger charge is -2.20. The van der Waals surface area contributed by atoms with Crippen LogP contribution < -0.4 is 11.1 Å². The number of amides is 1. The van der Waals surface area contributed by atoms with Crippen molar-refractivity contribution in [1.29, 1.82) is 0 Å². The molecule has 0 saturated heterocycles. The number of aliphatic imine (C=N–C) groups is 1. The van der Waals surface area contributed by atoms with E-state index in [1.807, 2.05) is 0 Å². The Morgan fingerprint density at radius 2 is 2.16 bits per heavy atom. The first-order valence-electron chi connectivity index (χ1n) is 7.32. The highest BCUT2D eigenvalue weighted by atomic mass is 35.5. The zero-order chi connectivity index (χ0) is 18.0. The van der Waals surface area contributed by atoms with Gasteiger partial charge in [0.05, 0.1) is 22.7 Å². The maximum atomic E-state index is 14.1. The molecular weight excluding hydrogens is 370 g/mol. The predicted octanol–water partition coefficient (Wildman–Crippen LogP) is 3.56. The van der Waals surface area contributed by atoms with Gasteiger partial charge in [-0.05, 0) is 24.3 Å². The predicted molar refractivity (Wildman–Crippen MR) is 93.5 cm³/mol. The van der Waals surface area contributed by atoms with Crippen molar-refractivity contribution in [1.82, 2.24) is 4.98 Å². The van der Waals surface area contributed by atoms with Gasteiger partial charge in [-0.25, -0.2) is 14.4 Å². The molecular formula is C16H13Cl2FN4O2. The van der Waals surface area contributed by atoms with Crippen molar-refractivity contribution in [2.75, 3.05) is 11.9 Å².